The van der Waals surface area contributed by atoms with Gasteiger partial charge in [-0.25, -0.2) is 9.97 Å². The number of alkyl halides is 3. The lowest BCUT2D eigenvalue weighted by Crippen LogP contribution is -2.39. The number of rotatable bonds is 4. The predicted molar refractivity (Wildman–Crippen MR) is 111 cm³/mol. The molecule has 3 aromatic heterocycles. The second kappa shape index (κ2) is 8.41. The molecule has 1 aliphatic rings. The standard InChI is InChI=1S/C21H22F3N5OS/c1-13(2)29-12-15(10-25-29)20(30)28-7-3-5-14(11-28)19-26-16(17-6-4-8-31-17)9-18(27-19)21(22,23)24/h4,6,8-10,12-14H,3,5,7,11H2,1-2H3/t14-/m1/s1. The molecule has 0 radical (unpaired) electrons. The van der Waals surface area contributed by atoms with Gasteiger partial charge in [-0.3, -0.25) is 9.48 Å². The largest absolute Gasteiger partial charge is 0.433 e. The minimum Gasteiger partial charge on any atom is -0.338 e. The third kappa shape index (κ3) is 4.63. The summed E-state index contributed by atoms with van der Waals surface area (Å²) in [6.07, 6.45) is -0.0455. The van der Waals surface area contributed by atoms with Crippen molar-refractivity contribution in [3.8, 4) is 10.6 Å². The van der Waals surface area contributed by atoms with E-state index >= 15 is 0 Å². The van der Waals surface area contributed by atoms with Crippen molar-refractivity contribution in [3.63, 3.8) is 0 Å². The summed E-state index contributed by atoms with van der Waals surface area (Å²) in [6.45, 7) is 4.75. The second-order valence-corrected chi connectivity index (χ2v) is 8.81. The lowest BCUT2D eigenvalue weighted by molar-refractivity contribution is -0.141. The zero-order chi connectivity index (χ0) is 22.2. The number of hydrogen-bond acceptors (Lipinski definition) is 5. The van der Waals surface area contributed by atoms with Gasteiger partial charge >= 0.3 is 6.18 Å². The van der Waals surface area contributed by atoms with Crippen LogP contribution in [0.4, 0.5) is 13.2 Å². The third-order valence-corrected chi connectivity index (χ3v) is 6.15. The molecule has 0 saturated carbocycles. The lowest BCUT2D eigenvalue weighted by atomic mass is 9.96. The molecule has 0 N–H and O–H groups in total. The molecule has 1 amide bonds. The minimum absolute atomic E-state index is 0.129. The van der Waals surface area contributed by atoms with Gasteiger partial charge in [-0.1, -0.05) is 6.07 Å². The first-order chi connectivity index (χ1) is 14.7. The first-order valence-electron chi connectivity index (χ1n) is 10.1. The number of carbonyl (C=O) groups excluding carboxylic acids is 1. The van der Waals surface area contributed by atoms with E-state index in [1.807, 2.05) is 13.8 Å². The summed E-state index contributed by atoms with van der Waals surface area (Å²) < 4.78 is 42.2. The molecule has 164 valence electrons. The summed E-state index contributed by atoms with van der Waals surface area (Å²) >= 11 is 1.33. The highest BCUT2D eigenvalue weighted by molar-refractivity contribution is 7.13. The smallest absolute Gasteiger partial charge is 0.338 e. The van der Waals surface area contributed by atoms with Crippen molar-refractivity contribution in [1.82, 2.24) is 24.6 Å². The maximum absolute atomic E-state index is 13.5. The Morgan fingerprint density at radius 2 is 2.10 bits per heavy atom. The molecule has 1 aliphatic heterocycles. The first kappa shape index (κ1) is 21.5. The molecule has 3 aromatic rings. The van der Waals surface area contributed by atoms with Crippen LogP contribution in [0.2, 0.25) is 0 Å². The van der Waals surface area contributed by atoms with Gasteiger partial charge in [0.1, 0.15) is 11.5 Å². The third-order valence-electron chi connectivity index (χ3n) is 5.26. The highest BCUT2D eigenvalue weighted by atomic mass is 32.1. The van der Waals surface area contributed by atoms with Crippen LogP contribution in [-0.2, 0) is 6.18 Å². The summed E-state index contributed by atoms with van der Waals surface area (Å²) in [5.74, 6) is -0.408. The first-order valence-corrected chi connectivity index (χ1v) is 10.9. The fourth-order valence-electron chi connectivity index (χ4n) is 3.63. The Labute approximate surface area is 181 Å². The van der Waals surface area contributed by atoms with Gasteiger partial charge in [-0.05, 0) is 44.2 Å². The Morgan fingerprint density at radius 1 is 1.29 bits per heavy atom. The molecule has 4 heterocycles. The van der Waals surface area contributed by atoms with Gasteiger partial charge in [-0.15, -0.1) is 11.3 Å². The van der Waals surface area contributed by atoms with Crippen LogP contribution in [0.25, 0.3) is 10.6 Å². The number of halogens is 3. The average Bonchev–Trinajstić information content (AvgIpc) is 3.45. The molecular weight excluding hydrogens is 427 g/mol. The van der Waals surface area contributed by atoms with Gasteiger partial charge in [0, 0.05) is 31.2 Å². The van der Waals surface area contributed by atoms with Crippen molar-refractivity contribution < 1.29 is 18.0 Å². The van der Waals surface area contributed by atoms with E-state index in [1.165, 1.54) is 17.5 Å². The van der Waals surface area contributed by atoms with Crippen LogP contribution in [0.1, 0.15) is 60.5 Å². The molecule has 1 saturated heterocycles. The van der Waals surface area contributed by atoms with Crippen LogP contribution >= 0.6 is 11.3 Å². The van der Waals surface area contributed by atoms with Gasteiger partial charge < -0.3 is 4.90 Å². The molecule has 0 bridgehead atoms. The number of carbonyl (C=O) groups is 1. The summed E-state index contributed by atoms with van der Waals surface area (Å²) in [4.78, 5) is 23.6. The number of likely N-dealkylation sites (tertiary alicyclic amines) is 1. The number of hydrogen-bond donors (Lipinski definition) is 0. The van der Waals surface area contributed by atoms with Crippen molar-refractivity contribution in [3.05, 3.63) is 53.1 Å². The van der Waals surface area contributed by atoms with Gasteiger partial charge in [0.25, 0.3) is 5.91 Å². The van der Waals surface area contributed by atoms with Crippen molar-refractivity contribution in [2.24, 2.45) is 0 Å². The Balaban J connectivity index is 1.61. The summed E-state index contributed by atoms with van der Waals surface area (Å²) in [7, 11) is 0. The van der Waals surface area contributed by atoms with E-state index in [-0.39, 0.29) is 35.9 Å². The minimum atomic E-state index is -4.57. The van der Waals surface area contributed by atoms with Crippen molar-refractivity contribution >= 4 is 17.2 Å². The number of amides is 1. The Morgan fingerprint density at radius 3 is 2.74 bits per heavy atom. The molecule has 31 heavy (non-hydrogen) atoms. The Bertz CT molecular complexity index is 1060. The van der Waals surface area contributed by atoms with Gasteiger partial charge in [-0.2, -0.15) is 18.3 Å². The van der Waals surface area contributed by atoms with Gasteiger partial charge in [0.2, 0.25) is 0 Å². The number of piperidine rings is 1. The number of thiophene rings is 1. The molecule has 1 atom stereocenters. The molecule has 4 rings (SSSR count). The highest BCUT2D eigenvalue weighted by Gasteiger charge is 2.36. The lowest BCUT2D eigenvalue weighted by Gasteiger charge is -2.32. The Hall–Kier alpha value is -2.75. The monoisotopic (exact) mass is 449 g/mol. The number of nitrogens with zero attached hydrogens (tertiary/aromatic N) is 5. The fourth-order valence-corrected chi connectivity index (χ4v) is 4.32. The van der Waals surface area contributed by atoms with Crippen LogP contribution < -0.4 is 0 Å². The van der Waals surface area contributed by atoms with E-state index in [9.17, 15) is 18.0 Å². The zero-order valence-electron chi connectivity index (χ0n) is 17.1. The normalized spacial score (nSPS) is 17.4. The van der Waals surface area contributed by atoms with E-state index in [0.29, 0.717) is 29.8 Å². The van der Waals surface area contributed by atoms with E-state index in [4.69, 9.17) is 0 Å². The average molecular weight is 450 g/mol. The molecule has 6 nitrogen and oxygen atoms in total. The molecule has 10 heteroatoms. The quantitative estimate of drug-likeness (QED) is 0.561. The van der Waals surface area contributed by atoms with Crippen molar-refractivity contribution in [2.75, 3.05) is 13.1 Å². The summed E-state index contributed by atoms with van der Waals surface area (Å²) in [5.41, 5.74) is -0.227. The summed E-state index contributed by atoms with van der Waals surface area (Å²) in [6, 6.07) is 4.62. The molecule has 0 spiro atoms. The topological polar surface area (TPSA) is 63.9 Å². The van der Waals surface area contributed by atoms with Crippen molar-refractivity contribution in [2.45, 2.75) is 44.8 Å². The predicted octanol–water partition coefficient (Wildman–Crippen LogP) is 5.02. The van der Waals surface area contributed by atoms with Crippen LogP contribution in [0.15, 0.2) is 36.0 Å². The molecule has 1 fully saturated rings. The van der Waals surface area contributed by atoms with E-state index in [1.54, 1.807) is 33.3 Å². The van der Waals surface area contributed by atoms with E-state index in [2.05, 4.69) is 15.1 Å². The molecule has 0 unspecified atom stereocenters. The summed E-state index contributed by atoms with van der Waals surface area (Å²) in [5, 5.41) is 6.00. The van der Waals surface area contributed by atoms with Gasteiger partial charge in [0.15, 0.2) is 0 Å². The van der Waals surface area contributed by atoms with Crippen LogP contribution in [-0.4, -0.2) is 43.6 Å². The maximum atomic E-state index is 13.5. The molecule has 0 aromatic carbocycles. The van der Waals surface area contributed by atoms with E-state index < -0.39 is 11.9 Å². The zero-order valence-corrected chi connectivity index (χ0v) is 18.0. The SMILES string of the molecule is CC(C)n1cc(C(=O)N2CCC[C@@H](c3nc(-c4cccs4)cc(C(F)(F)F)n3)C2)cn1. The maximum Gasteiger partial charge on any atom is 0.433 e. The Kier molecular flexibility index (Phi) is 5.83. The van der Waals surface area contributed by atoms with Crippen LogP contribution in [0, 0.1) is 0 Å². The van der Waals surface area contributed by atoms with Crippen LogP contribution in [0.5, 0.6) is 0 Å². The van der Waals surface area contributed by atoms with Crippen molar-refractivity contribution in [1.29, 1.82) is 0 Å². The second-order valence-electron chi connectivity index (χ2n) is 7.86. The van der Waals surface area contributed by atoms with Gasteiger partial charge in [0.05, 0.1) is 22.3 Å². The highest BCUT2D eigenvalue weighted by Crippen LogP contribution is 2.34. The fraction of sp³-hybridized carbons (Fsp3) is 0.429. The number of aromatic nitrogens is 4. The molecular formula is C21H22F3N5OS. The van der Waals surface area contributed by atoms with Crippen LogP contribution in [0.3, 0.4) is 0 Å². The molecule has 0 aliphatic carbocycles. The van der Waals surface area contributed by atoms with E-state index in [0.717, 1.165) is 6.07 Å².